The van der Waals surface area contributed by atoms with Gasteiger partial charge < -0.3 is 0 Å². The summed E-state index contributed by atoms with van der Waals surface area (Å²) in [4.78, 5) is 0. The van der Waals surface area contributed by atoms with Crippen LogP contribution in [0.3, 0.4) is 0 Å². The number of rotatable bonds is 4. The third-order valence-electron chi connectivity index (χ3n) is 4.79. The van der Waals surface area contributed by atoms with E-state index in [1.807, 2.05) is 0 Å². The molecule has 0 heterocycles. The minimum absolute atomic E-state index is 0.176. The van der Waals surface area contributed by atoms with Crippen LogP contribution in [0.1, 0.15) is 13.8 Å². The van der Waals surface area contributed by atoms with Crippen LogP contribution in [0.4, 0.5) is 0 Å². The first-order valence-corrected chi connectivity index (χ1v) is 11.5. The molecular weight excluding hydrogens is 311 g/mol. The SMILES string of the molecule is C[N](C)[Zr]([N](C)C)([C]1(C)C=CC=C1)[C]1(C)C=CC=C1. The zero-order chi connectivity index (χ0) is 14.3. The Morgan fingerprint density at radius 1 is 0.632 bits per heavy atom. The van der Waals surface area contributed by atoms with Crippen molar-refractivity contribution in [2.45, 2.75) is 20.1 Å². The van der Waals surface area contributed by atoms with Crippen molar-refractivity contribution in [3.63, 3.8) is 0 Å². The fourth-order valence-corrected chi connectivity index (χ4v) is 22.0. The molecule has 104 valence electrons. The van der Waals surface area contributed by atoms with Gasteiger partial charge >= 0.3 is 123 Å². The molecule has 0 radical (unpaired) electrons. The summed E-state index contributed by atoms with van der Waals surface area (Å²) in [5, 5.41) is 0. The fourth-order valence-electron chi connectivity index (χ4n) is 4.51. The van der Waals surface area contributed by atoms with Crippen LogP contribution in [-0.2, 0) is 20.8 Å². The maximum atomic E-state index is 2.56. The summed E-state index contributed by atoms with van der Waals surface area (Å²) >= 11 is -2.97. The Morgan fingerprint density at radius 3 is 1.11 bits per heavy atom. The van der Waals surface area contributed by atoms with Gasteiger partial charge in [-0.15, -0.1) is 0 Å². The maximum absolute atomic E-state index is 2.97. The number of nitrogens with zero attached hydrogens (tertiary/aromatic N) is 2. The first kappa shape index (κ1) is 15.2. The van der Waals surface area contributed by atoms with Crippen molar-refractivity contribution in [1.29, 1.82) is 0 Å². The van der Waals surface area contributed by atoms with Gasteiger partial charge in [-0.3, -0.25) is 0 Å². The molecule has 2 aliphatic rings. The second kappa shape index (κ2) is 4.95. The van der Waals surface area contributed by atoms with Gasteiger partial charge in [-0.05, 0) is 0 Å². The first-order chi connectivity index (χ1) is 8.80. The van der Waals surface area contributed by atoms with Crippen molar-refractivity contribution in [1.82, 2.24) is 5.69 Å². The molecular formula is C16H26N2Zr. The summed E-state index contributed by atoms with van der Waals surface area (Å²) in [6.07, 6.45) is 18.5. The van der Waals surface area contributed by atoms with Crippen LogP contribution >= 0.6 is 0 Å². The normalized spacial score (nSPS) is 23.2. The molecule has 0 N–H and O–H groups in total. The predicted molar refractivity (Wildman–Crippen MR) is 80.7 cm³/mol. The minimum atomic E-state index is -2.97. The van der Waals surface area contributed by atoms with Gasteiger partial charge in [0, 0.05) is 0 Å². The third-order valence-corrected chi connectivity index (χ3v) is 20.2. The molecule has 0 fully saturated rings. The molecule has 2 rings (SSSR count). The summed E-state index contributed by atoms with van der Waals surface area (Å²) < 4.78 is 5.48. The Bertz CT molecular complexity index is 401. The number of hydrogen-bond acceptors (Lipinski definition) is 2. The molecule has 2 nitrogen and oxygen atoms in total. The van der Waals surface area contributed by atoms with Gasteiger partial charge in [-0.2, -0.15) is 0 Å². The van der Waals surface area contributed by atoms with Gasteiger partial charge in [0.2, 0.25) is 0 Å². The average molecular weight is 338 g/mol. The third kappa shape index (κ3) is 1.93. The van der Waals surface area contributed by atoms with Crippen LogP contribution in [-0.4, -0.2) is 33.9 Å². The van der Waals surface area contributed by atoms with Gasteiger partial charge in [-0.25, -0.2) is 0 Å². The molecule has 2 aliphatic carbocycles. The molecule has 0 bridgehead atoms. The topological polar surface area (TPSA) is 6.48 Å². The number of allylic oxidation sites excluding steroid dienone is 8. The fraction of sp³-hybridized carbons (Fsp3) is 0.500. The summed E-state index contributed by atoms with van der Waals surface area (Å²) in [5.74, 6) is 0. The van der Waals surface area contributed by atoms with E-state index >= 15 is 0 Å². The van der Waals surface area contributed by atoms with E-state index in [1.165, 1.54) is 0 Å². The van der Waals surface area contributed by atoms with Gasteiger partial charge in [0.15, 0.2) is 0 Å². The number of hydrogen-bond donors (Lipinski definition) is 0. The Morgan fingerprint density at radius 2 is 0.895 bits per heavy atom. The molecule has 0 atom stereocenters. The van der Waals surface area contributed by atoms with Crippen LogP contribution < -0.4 is 0 Å². The summed E-state index contributed by atoms with van der Waals surface area (Å²) in [6.45, 7) is 4.82. The van der Waals surface area contributed by atoms with E-state index < -0.39 is 20.8 Å². The van der Waals surface area contributed by atoms with Crippen LogP contribution in [0.5, 0.6) is 0 Å². The Labute approximate surface area is 123 Å². The van der Waals surface area contributed by atoms with Crippen molar-refractivity contribution in [2.24, 2.45) is 0 Å². The van der Waals surface area contributed by atoms with E-state index in [0.29, 0.717) is 0 Å². The Kier molecular flexibility index (Phi) is 3.95. The zero-order valence-corrected chi connectivity index (χ0v) is 15.5. The van der Waals surface area contributed by atoms with Crippen LogP contribution in [0.15, 0.2) is 48.6 Å². The Balaban J connectivity index is 2.69. The van der Waals surface area contributed by atoms with Crippen LogP contribution in [0.25, 0.3) is 0 Å². The van der Waals surface area contributed by atoms with E-state index in [9.17, 15) is 0 Å². The van der Waals surface area contributed by atoms with Gasteiger partial charge in [0.1, 0.15) is 0 Å². The molecule has 0 aromatic carbocycles. The van der Waals surface area contributed by atoms with Crippen molar-refractivity contribution >= 4 is 0 Å². The van der Waals surface area contributed by atoms with Gasteiger partial charge in [0.05, 0.1) is 0 Å². The predicted octanol–water partition coefficient (Wildman–Crippen LogP) is 3.70. The molecule has 19 heavy (non-hydrogen) atoms. The molecule has 0 amide bonds. The van der Waals surface area contributed by atoms with Gasteiger partial charge in [0.25, 0.3) is 0 Å². The van der Waals surface area contributed by atoms with Crippen LogP contribution in [0, 0.1) is 0 Å². The second-order valence-electron chi connectivity index (χ2n) is 6.46. The Hall–Kier alpha value is -0.237. The van der Waals surface area contributed by atoms with Gasteiger partial charge in [-0.1, -0.05) is 0 Å². The van der Waals surface area contributed by atoms with E-state index in [0.717, 1.165) is 0 Å². The van der Waals surface area contributed by atoms with Crippen molar-refractivity contribution in [3.8, 4) is 0 Å². The summed E-state index contributed by atoms with van der Waals surface area (Å²) in [5.41, 5.74) is 0. The average Bonchev–Trinajstić information content (AvgIpc) is 2.88. The van der Waals surface area contributed by atoms with Crippen molar-refractivity contribution in [3.05, 3.63) is 48.6 Å². The van der Waals surface area contributed by atoms with Crippen LogP contribution in [0.2, 0.25) is 6.25 Å². The van der Waals surface area contributed by atoms with Crippen molar-refractivity contribution < 1.29 is 20.8 Å². The quantitative estimate of drug-likeness (QED) is 0.772. The van der Waals surface area contributed by atoms with E-state index in [2.05, 4.69) is 96.3 Å². The summed E-state index contributed by atoms with van der Waals surface area (Å²) in [7, 11) is 9.08. The first-order valence-electron chi connectivity index (χ1n) is 6.89. The summed E-state index contributed by atoms with van der Waals surface area (Å²) in [6, 6.07) is 0. The zero-order valence-electron chi connectivity index (χ0n) is 13.0. The molecule has 0 aromatic rings. The molecule has 0 aromatic heterocycles. The monoisotopic (exact) mass is 336 g/mol. The van der Waals surface area contributed by atoms with E-state index in [4.69, 9.17) is 0 Å². The molecule has 3 heteroatoms. The molecule has 0 unspecified atom stereocenters. The molecule has 0 saturated carbocycles. The van der Waals surface area contributed by atoms with E-state index in [-0.39, 0.29) is 6.25 Å². The molecule has 0 aliphatic heterocycles. The van der Waals surface area contributed by atoms with E-state index in [1.54, 1.807) is 0 Å². The standard InChI is InChI=1S/2C6H7.2C2H6N.Zr/c2*1-6-4-2-3-5-6;2*1-3-2;/h2*2-5H,1H3;2*1-2H3;/q;;2*-1;+2. The molecule has 0 spiro atoms. The van der Waals surface area contributed by atoms with Crippen molar-refractivity contribution in [2.75, 3.05) is 28.2 Å². The second-order valence-corrected chi connectivity index (χ2v) is 19.5. The molecule has 0 saturated heterocycles.